The first-order valence-corrected chi connectivity index (χ1v) is 7.81. The number of nitrogens with one attached hydrogen (secondary N) is 1. The molecule has 1 atom stereocenters. The van der Waals surface area contributed by atoms with Crippen LogP contribution in [-0.2, 0) is 9.84 Å². The fraction of sp³-hybridized carbons (Fsp3) is 0.500. The Kier molecular flexibility index (Phi) is 2.59. The van der Waals surface area contributed by atoms with Gasteiger partial charge in [0.1, 0.15) is 5.82 Å². The van der Waals surface area contributed by atoms with Crippen LogP contribution in [-0.4, -0.2) is 53.2 Å². The summed E-state index contributed by atoms with van der Waals surface area (Å²) in [7, 11) is -3.03. The van der Waals surface area contributed by atoms with E-state index in [-0.39, 0.29) is 11.2 Å². The van der Waals surface area contributed by atoms with Gasteiger partial charge in [-0.3, -0.25) is 5.10 Å². The van der Waals surface area contributed by atoms with Gasteiger partial charge in [-0.2, -0.15) is 15.1 Å². The van der Waals surface area contributed by atoms with E-state index in [4.69, 9.17) is 5.73 Å². The summed E-state index contributed by atoms with van der Waals surface area (Å²) in [5.74, 6) is 0.789. The van der Waals surface area contributed by atoms with E-state index in [9.17, 15) is 8.42 Å². The number of sulfone groups is 1. The molecular formula is C10H14N6O2S. The Labute approximate surface area is 109 Å². The van der Waals surface area contributed by atoms with E-state index in [2.05, 4.69) is 20.2 Å². The largest absolute Gasteiger partial charge is 0.368 e. The Balaban J connectivity index is 2.00. The number of aromatic nitrogens is 4. The number of fused-ring (bicyclic) bond motifs is 1. The van der Waals surface area contributed by atoms with Crippen LogP contribution < -0.4 is 10.6 Å². The van der Waals surface area contributed by atoms with Crippen LogP contribution in [0.4, 0.5) is 11.8 Å². The highest BCUT2D eigenvalue weighted by molar-refractivity contribution is 7.91. The van der Waals surface area contributed by atoms with Gasteiger partial charge >= 0.3 is 0 Å². The van der Waals surface area contributed by atoms with Crippen molar-refractivity contribution in [2.24, 2.45) is 0 Å². The second-order valence-corrected chi connectivity index (χ2v) is 7.05. The van der Waals surface area contributed by atoms with Crippen molar-refractivity contribution in [1.82, 2.24) is 20.2 Å². The van der Waals surface area contributed by atoms with Gasteiger partial charge in [0.25, 0.3) is 0 Å². The van der Waals surface area contributed by atoms with Crippen LogP contribution in [0.15, 0.2) is 6.20 Å². The molecule has 0 aromatic carbocycles. The molecule has 9 heteroatoms. The van der Waals surface area contributed by atoms with Gasteiger partial charge in [0.15, 0.2) is 15.5 Å². The van der Waals surface area contributed by atoms with Gasteiger partial charge in [-0.15, -0.1) is 0 Å². The van der Waals surface area contributed by atoms with Gasteiger partial charge in [-0.05, 0) is 6.42 Å². The number of hydrogen-bond acceptors (Lipinski definition) is 7. The van der Waals surface area contributed by atoms with Gasteiger partial charge in [0, 0.05) is 19.3 Å². The number of nitrogens with two attached hydrogens (primary N) is 1. The molecule has 1 aliphatic rings. The van der Waals surface area contributed by atoms with Gasteiger partial charge in [-0.25, -0.2) is 8.42 Å². The summed E-state index contributed by atoms with van der Waals surface area (Å²) in [5, 5.41) is 7.05. The Morgan fingerprint density at radius 1 is 1.47 bits per heavy atom. The van der Waals surface area contributed by atoms with Crippen molar-refractivity contribution in [3.8, 4) is 0 Å². The van der Waals surface area contributed by atoms with Crippen LogP contribution in [0.3, 0.4) is 0 Å². The predicted molar refractivity (Wildman–Crippen MR) is 71.6 cm³/mol. The molecule has 1 saturated heterocycles. The number of rotatable bonds is 2. The minimum atomic E-state index is -3.03. The minimum absolute atomic E-state index is 0.148. The van der Waals surface area contributed by atoms with Crippen LogP contribution >= 0.6 is 0 Å². The minimum Gasteiger partial charge on any atom is -0.368 e. The van der Waals surface area contributed by atoms with Crippen molar-refractivity contribution in [1.29, 1.82) is 0 Å². The Bertz CT molecular complexity index is 725. The molecule has 3 heterocycles. The van der Waals surface area contributed by atoms with Crippen molar-refractivity contribution in [3.05, 3.63) is 6.20 Å². The molecule has 1 aliphatic heterocycles. The average Bonchev–Trinajstić information content (AvgIpc) is 2.94. The van der Waals surface area contributed by atoms with E-state index in [0.29, 0.717) is 31.0 Å². The van der Waals surface area contributed by atoms with Crippen molar-refractivity contribution in [2.45, 2.75) is 11.7 Å². The lowest BCUT2D eigenvalue weighted by Gasteiger charge is -2.17. The summed E-state index contributed by atoms with van der Waals surface area (Å²) < 4.78 is 23.2. The molecule has 0 aliphatic carbocycles. The van der Waals surface area contributed by atoms with Crippen LogP contribution in [0, 0.1) is 0 Å². The van der Waals surface area contributed by atoms with E-state index >= 15 is 0 Å². The number of aromatic amines is 1. The third kappa shape index (κ3) is 2.09. The second-order valence-electron chi connectivity index (χ2n) is 4.72. The molecule has 0 saturated carbocycles. The molecule has 0 amide bonds. The highest BCUT2D eigenvalue weighted by Gasteiger charge is 2.31. The fourth-order valence-corrected chi connectivity index (χ4v) is 3.33. The number of hydrogen-bond donors (Lipinski definition) is 2. The standard InChI is InChI=1S/C10H14N6O2S/c1-19(17,18)6-2-3-16(5-6)9-7-4-12-15-8(7)13-10(11)14-9/h4,6H,2-3,5H2,1H3,(H3,11,12,13,14,15). The molecule has 0 radical (unpaired) electrons. The number of nitrogen functional groups attached to an aromatic ring is 1. The smallest absolute Gasteiger partial charge is 0.224 e. The fourth-order valence-electron chi connectivity index (χ4n) is 2.35. The molecule has 102 valence electrons. The van der Waals surface area contributed by atoms with Gasteiger partial charge < -0.3 is 10.6 Å². The molecule has 19 heavy (non-hydrogen) atoms. The third-order valence-electron chi connectivity index (χ3n) is 3.36. The first kappa shape index (κ1) is 12.2. The summed E-state index contributed by atoms with van der Waals surface area (Å²) in [5.41, 5.74) is 6.22. The van der Waals surface area contributed by atoms with Crippen LogP contribution in [0.1, 0.15) is 6.42 Å². The van der Waals surface area contributed by atoms with Crippen molar-refractivity contribution < 1.29 is 8.42 Å². The topological polar surface area (TPSA) is 118 Å². The quantitative estimate of drug-likeness (QED) is 0.766. The van der Waals surface area contributed by atoms with Crippen molar-refractivity contribution in [2.75, 3.05) is 30.0 Å². The van der Waals surface area contributed by atoms with Crippen molar-refractivity contribution >= 4 is 32.6 Å². The van der Waals surface area contributed by atoms with E-state index < -0.39 is 9.84 Å². The normalized spacial score (nSPS) is 20.3. The third-order valence-corrected chi connectivity index (χ3v) is 4.95. The number of nitrogens with zero attached hydrogens (tertiary/aromatic N) is 4. The first-order valence-electron chi connectivity index (χ1n) is 5.85. The van der Waals surface area contributed by atoms with Gasteiger partial charge in [-0.1, -0.05) is 0 Å². The summed E-state index contributed by atoms with van der Waals surface area (Å²) in [6, 6.07) is 0. The highest BCUT2D eigenvalue weighted by Crippen LogP contribution is 2.27. The molecule has 1 unspecified atom stereocenters. The number of H-pyrrole nitrogens is 1. The maximum Gasteiger partial charge on any atom is 0.224 e. The number of anilines is 2. The zero-order valence-corrected chi connectivity index (χ0v) is 11.2. The van der Waals surface area contributed by atoms with Crippen LogP contribution in [0.5, 0.6) is 0 Å². The van der Waals surface area contributed by atoms with Gasteiger partial charge in [0.05, 0.1) is 16.8 Å². The molecule has 2 aromatic heterocycles. The molecule has 3 N–H and O–H groups in total. The Morgan fingerprint density at radius 2 is 2.26 bits per heavy atom. The molecule has 3 rings (SSSR count). The molecule has 0 spiro atoms. The lowest BCUT2D eigenvalue weighted by molar-refractivity contribution is 0.589. The van der Waals surface area contributed by atoms with E-state index in [0.717, 1.165) is 5.39 Å². The predicted octanol–water partition coefficient (Wildman–Crippen LogP) is -0.442. The molecule has 8 nitrogen and oxygen atoms in total. The SMILES string of the molecule is CS(=O)(=O)C1CCN(c2nc(N)nc3[nH]ncc23)C1. The second kappa shape index (κ2) is 4.05. The first-order chi connectivity index (χ1) is 8.95. The van der Waals surface area contributed by atoms with Crippen LogP contribution in [0.25, 0.3) is 11.0 Å². The van der Waals surface area contributed by atoms with E-state index in [1.165, 1.54) is 6.26 Å². The zero-order chi connectivity index (χ0) is 13.6. The summed E-state index contributed by atoms with van der Waals surface area (Å²) >= 11 is 0. The molecule has 0 bridgehead atoms. The Hall–Kier alpha value is -1.90. The summed E-state index contributed by atoms with van der Waals surface area (Å²) in [6.07, 6.45) is 3.49. The summed E-state index contributed by atoms with van der Waals surface area (Å²) in [4.78, 5) is 10.2. The average molecular weight is 282 g/mol. The van der Waals surface area contributed by atoms with Crippen LogP contribution in [0.2, 0.25) is 0 Å². The molecule has 2 aromatic rings. The maximum atomic E-state index is 11.6. The van der Waals surface area contributed by atoms with Gasteiger partial charge in [0.2, 0.25) is 5.95 Å². The molecular weight excluding hydrogens is 268 g/mol. The molecule has 1 fully saturated rings. The van der Waals surface area contributed by atoms with E-state index in [1.54, 1.807) is 6.20 Å². The van der Waals surface area contributed by atoms with E-state index in [1.807, 2.05) is 4.90 Å². The maximum absolute atomic E-state index is 11.6. The Morgan fingerprint density at radius 3 is 2.95 bits per heavy atom. The zero-order valence-electron chi connectivity index (χ0n) is 10.4. The highest BCUT2D eigenvalue weighted by atomic mass is 32.2. The van der Waals surface area contributed by atoms with Crippen molar-refractivity contribution in [3.63, 3.8) is 0 Å². The lowest BCUT2D eigenvalue weighted by atomic mass is 10.3. The monoisotopic (exact) mass is 282 g/mol. The summed E-state index contributed by atoms with van der Waals surface area (Å²) in [6.45, 7) is 1.06. The lowest BCUT2D eigenvalue weighted by Crippen LogP contribution is -2.27.